The summed E-state index contributed by atoms with van der Waals surface area (Å²) >= 11 is 0. The predicted octanol–water partition coefficient (Wildman–Crippen LogP) is 9.35. The van der Waals surface area contributed by atoms with Crippen LogP contribution >= 0.6 is 0 Å². The maximum Gasteiger partial charge on any atom is 0.0721 e. The van der Waals surface area contributed by atoms with Crippen molar-refractivity contribution in [3.05, 3.63) is 162 Å². The van der Waals surface area contributed by atoms with E-state index in [0.717, 1.165) is 22.2 Å². The van der Waals surface area contributed by atoms with Gasteiger partial charge in [0, 0.05) is 5.39 Å². The number of allylic oxidation sites excluding steroid dienone is 4. The average Bonchev–Trinajstić information content (AvgIpc) is 2.94. The van der Waals surface area contributed by atoms with Crippen molar-refractivity contribution in [3.8, 4) is 11.1 Å². The molecular weight excluding hydrogens is 434 g/mol. The van der Waals surface area contributed by atoms with Crippen molar-refractivity contribution in [2.75, 3.05) is 0 Å². The van der Waals surface area contributed by atoms with Gasteiger partial charge in [-0.25, -0.2) is 4.98 Å². The van der Waals surface area contributed by atoms with E-state index in [0.29, 0.717) is 0 Å². The normalized spacial score (nSPS) is 12.0. The lowest BCUT2D eigenvalue weighted by Gasteiger charge is -2.08. The van der Waals surface area contributed by atoms with Crippen LogP contribution in [-0.4, -0.2) is 4.98 Å². The van der Waals surface area contributed by atoms with Gasteiger partial charge in [0.1, 0.15) is 0 Å². The van der Waals surface area contributed by atoms with Crippen molar-refractivity contribution in [3.63, 3.8) is 0 Å². The molecule has 1 heteroatoms. The van der Waals surface area contributed by atoms with Gasteiger partial charge >= 0.3 is 0 Å². The molecule has 0 saturated carbocycles. The Morgan fingerprint density at radius 1 is 0.444 bits per heavy atom. The molecule has 1 nitrogen and oxygen atoms in total. The second kappa shape index (κ2) is 11.6. The van der Waals surface area contributed by atoms with Gasteiger partial charge in [-0.3, -0.25) is 0 Å². The number of rotatable bonds is 7. The first-order valence-corrected chi connectivity index (χ1v) is 12.1. The van der Waals surface area contributed by atoms with E-state index in [4.69, 9.17) is 4.98 Å². The Morgan fingerprint density at radius 2 is 1.00 bits per heavy atom. The van der Waals surface area contributed by atoms with Gasteiger partial charge in [-0.05, 0) is 46.0 Å². The Hall–Kier alpha value is -4.75. The minimum Gasteiger partial charge on any atom is -0.248 e. The maximum absolute atomic E-state index is 4.97. The molecule has 5 aromatic rings. The fraction of sp³-hybridized carbons (Fsp3) is 0. The zero-order chi connectivity index (χ0) is 24.4. The Morgan fingerprint density at radius 3 is 1.64 bits per heavy atom. The molecule has 0 bridgehead atoms. The van der Waals surface area contributed by atoms with Crippen molar-refractivity contribution >= 4 is 35.2 Å². The van der Waals surface area contributed by atoms with Crippen LogP contribution < -0.4 is 0 Å². The summed E-state index contributed by atoms with van der Waals surface area (Å²) in [5, 5.41) is 1.14. The zero-order valence-corrected chi connectivity index (χ0v) is 20.0. The number of hydrogen-bond donors (Lipinski definition) is 0. The van der Waals surface area contributed by atoms with E-state index >= 15 is 0 Å². The monoisotopic (exact) mass is 461 g/mol. The highest BCUT2D eigenvalue weighted by Gasteiger charge is 2.05. The van der Waals surface area contributed by atoms with Crippen LogP contribution in [0.15, 0.2) is 140 Å². The molecule has 36 heavy (non-hydrogen) atoms. The molecule has 1 aromatic heterocycles. The summed E-state index contributed by atoms with van der Waals surface area (Å²) in [6.07, 6.45) is 16.7. The molecule has 0 unspecified atom stereocenters. The highest BCUT2D eigenvalue weighted by molar-refractivity contribution is 5.92. The third-order valence-electron chi connectivity index (χ3n) is 5.91. The van der Waals surface area contributed by atoms with Crippen LogP contribution in [0.5, 0.6) is 0 Å². The van der Waals surface area contributed by atoms with E-state index < -0.39 is 0 Å². The van der Waals surface area contributed by atoms with Crippen LogP contribution in [0.4, 0.5) is 0 Å². The maximum atomic E-state index is 4.97. The van der Waals surface area contributed by atoms with Crippen LogP contribution in [0.25, 0.3) is 46.3 Å². The van der Waals surface area contributed by atoms with Gasteiger partial charge in [-0.2, -0.15) is 0 Å². The van der Waals surface area contributed by atoms with Crippen molar-refractivity contribution in [1.82, 2.24) is 4.98 Å². The van der Waals surface area contributed by atoms with Crippen LogP contribution in [0.1, 0.15) is 22.4 Å². The minimum absolute atomic E-state index is 0.928. The fourth-order valence-electron chi connectivity index (χ4n) is 4.09. The number of benzene rings is 4. The van der Waals surface area contributed by atoms with E-state index in [-0.39, 0.29) is 0 Å². The van der Waals surface area contributed by atoms with Gasteiger partial charge in [0.25, 0.3) is 0 Å². The Kier molecular flexibility index (Phi) is 7.41. The van der Waals surface area contributed by atoms with Crippen LogP contribution in [-0.2, 0) is 0 Å². The van der Waals surface area contributed by atoms with Crippen LogP contribution in [0.3, 0.4) is 0 Å². The topological polar surface area (TPSA) is 12.9 Å². The molecule has 0 amide bonds. The molecule has 0 spiro atoms. The molecule has 0 aliphatic carbocycles. The summed E-state index contributed by atoms with van der Waals surface area (Å²) in [6.45, 7) is 0. The van der Waals surface area contributed by atoms with Gasteiger partial charge in [0.15, 0.2) is 0 Å². The molecule has 4 aromatic carbocycles. The lowest BCUT2D eigenvalue weighted by atomic mass is 10.0. The Balaban J connectivity index is 1.48. The van der Waals surface area contributed by atoms with Crippen molar-refractivity contribution in [2.45, 2.75) is 0 Å². The number of nitrogens with zero attached hydrogens (tertiary/aromatic N) is 1. The van der Waals surface area contributed by atoms with E-state index in [1.165, 1.54) is 22.3 Å². The smallest absolute Gasteiger partial charge is 0.0721 e. The third kappa shape index (κ3) is 6.02. The van der Waals surface area contributed by atoms with Gasteiger partial charge in [0.05, 0.1) is 11.2 Å². The van der Waals surface area contributed by atoms with Crippen LogP contribution in [0.2, 0.25) is 0 Å². The molecule has 0 saturated heterocycles. The summed E-state index contributed by atoms with van der Waals surface area (Å²) in [5.41, 5.74) is 7.77. The van der Waals surface area contributed by atoms with Gasteiger partial charge < -0.3 is 0 Å². The molecule has 1 heterocycles. The standard InChI is InChI=1S/C35H27N/c1-4-14-28(15-5-1)18-10-12-22-32-26-33(23-13-11-19-29-16-6-2-7-17-29)36-35-27-31(24-25-34(32)35)30-20-8-3-9-21-30/h1-27H. The summed E-state index contributed by atoms with van der Waals surface area (Å²) in [5.74, 6) is 0. The minimum atomic E-state index is 0.928. The number of pyridine rings is 1. The third-order valence-corrected chi connectivity index (χ3v) is 5.91. The molecular formula is C35H27N. The van der Waals surface area contributed by atoms with E-state index in [2.05, 4.69) is 127 Å². The number of fused-ring (bicyclic) bond motifs is 1. The van der Waals surface area contributed by atoms with Crippen molar-refractivity contribution in [1.29, 1.82) is 0 Å². The summed E-state index contributed by atoms with van der Waals surface area (Å²) in [7, 11) is 0. The lowest BCUT2D eigenvalue weighted by Crippen LogP contribution is -1.89. The first-order valence-electron chi connectivity index (χ1n) is 12.1. The van der Waals surface area contributed by atoms with Crippen molar-refractivity contribution in [2.24, 2.45) is 0 Å². The molecule has 0 fully saturated rings. The van der Waals surface area contributed by atoms with E-state index in [9.17, 15) is 0 Å². The average molecular weight is 462 g/mol. The van der Waals surface area contributed by atoms with Crippen molar-refractivity contribution < 1.29 is 0 Å². The van der Waals surface area contributed by atoms with Gasteiger partial charge in [0.2, 0.25) is 0 Å². The molecule has 5 rings (SSSR count). The molecule has 0 atom stereocenters. The summed E-state index contributed by atoms with van der Waals surface area (Å²) < 4.78 is 0. The first kappa shape index (κ1) is 23.0. The Labute approximate surface area is 213 Å². The highest BCUT2D eigenvalue weighted by atomic mass is 14.7. The highest BCUT2D eigenvalue weighted by Crippen LogP contribution is 2.27. The molecule has 0 N–H and O–H groups in total. The predicted molar refractivity (Wildman–Crippen MR) is 156 cm³/mol. The van der Waals surface area contributed by atoms with Gasteiger partial charge in [-0.15, -0.1) is 0 Å². The van der Waals surface area contributed by atoms with Gasteiger partial charge in [-0.1, -0.05) is 146 Å². The Bertz CT molecular complexity index is 1540. The molecule has 172 valence electrons. The zero-order valence-electron chi connectivity index (χ0n) is 20.0. The molecule has 0 radical (unpaired) electrons. The first-order chi connectivity index (χ1) is 17.8. The van der Waals surface area contributed by atoms with E-state index in [1.54, 1.807) is 0 Å². The SMILES string of the molecule is C(C=Cc1cc(C=CC=Cc2ccccc2)c2ccc(-c3ccccc3)cc2n1)=Cc1ccccc1. The quantitative estimate of drug-likeness (QED) is 0.220. The second-order valence-corrected chi connectivity index (χ2v) is 8.49. The lowest BCUT2D eigenvalue weighted by molar-refractivity contribution is 1.36. The summed E-state index contributed by atoms with van der Waals surface area (Å²) in [4.78, 5) is 4.97. The van der Waals surface area contributed by atoms with Crippen LogP contribution in [0, 0.1) is 0 Å². The fourth-order valence-corrected chi connectivity index (χ4v) is 4.09. The summed E-state index contributed by atoms with van der Waals surface area (Å²) in [6, 6.07) is 39.8. The molecule has 0 aliphatic rings. The number of hydrogen-bond acceptors (Lipinski definition) is 1. The number of aromatic nitrogens is 1. The largest absolute Gasteiger partial charge is 0.248 e. The van der Waals surface area contributed by atoms with E-state index in [1.807, 2.05) is 36.4 Å². The second-order valence-electron chi connectivity index (χ2n) is 8.49. The molecule has 0 aliphatic heterocycles.